The normalized spacial score (nSPS) is 31.5. The van der Waals surface area contributed by atoms with E-state index in [2.05, 4.69) is 19.1 Å². The molecule has 0 aromatic heterocycles. The molecule has 0 amide bonds. The Labute approximate surface area is 169 Å². The van der Waals surface area contributed by atoms with Gasteiger partial charge in [-0.3, -0.25) is 4.79 Å². The van der Waals surface area contributed by atoms with Crippen LogP contribution in [0, 0.1) is 17.8 Å². The van der Waals surface area contributed by atoms with Gasteiger partial charge in [0.2, 0.25) is 0 Å². The predicted octanol–water partition coefficient (Wildman–Crippen LogP) is 4.03. The molecule has 1 heterocycles. The van der Waals surface area contributed by atoms with E-state index in [-0.39, 0.29) is 6.61 Å². The molecule has 0 unspecified atom stereocenters. The second kappa shape index (κ2) is 9.45. The molecule has 5 heteroatoms. The van der Waals surface area contributed by atoms with Crippen LogP contribution < -0.4 is 4.74 Å². The van der Waals surface area contributed by atoms with Crippen LogP contribution in [0.1, 0.15) is 63.0 Å². The minimum absolute atomic E-state index is 0.135. The third-order valence-electron chi connectivity index (χ3n) is 7.16. The van der Waals surface area contributed by atoms with Crippen LogP contribution in [0.2, 0.25) is 0 Å². The van der Waals surface area contributed by atoms with Crippen LogP contribution in [0.4, 0.5) is 0 Å². The number of aldehydes is 1. The minimum Gasteiger partial charge on any atom is -0.486 e. The van der Waals surface area contributed by atoms with E-state index >= 15 is 0 Å². The standard InChI is InChI=1S/C23H33BO4/c1-2-3-4-7-18-9-10-19-20-13-16-6-5-8-22(26-12-11-25)21(16)14-17(20)15-23(19)28-24-27-18/h5-6,8,11,17-20,23-24H,2-4,7,9-10,12-15H2,1H3/t17-,18-,19+,20-,23+/m0/s1. The van der Waals surface area contributed by atoms with Gasteiger partial charge in [0.05, 0.1) is 0 Å². The highest BCUT2D eigenvalue weighted by Crippen LogP contribution is 2.49. The van der Waals surface area contributed by atoms with Crippen LogP contribution in [0.15, 0.2) is 18.2 Å². The smallest absolute Gasteiger partial charge is 0.438 e. The number of carbonyl (C=O) groups is 1. The van der Waals surface area contributed by atoms with Crippen molar-refractivity contribution in [3.63, 3.8) is 0 Å². The predicted molar refractivity (Wildman–Crippen MR) is 111 cm³/mol. The van der Waals surface area contributed by atoms with E-state index in [1.807, 2.05) is 6.07 Å². The van der Waals surface area contributed by atoms with Crippen LogP contribution in [-0.4, -0.2) is 32.8 Å². The van der Waals surface area contributed by atoms with Gasteiger partial charge >= 0.3 is 7.69 Å². The van der Waals surface area contributed by atoms with Crippen molar-refractivity contribution in [1.82, 2.24) is 0 Å². The van der Waals surface area contributed by atoms with Crippen molar-refractivity contribution >= 4 is 14.0 Å². The van der Waals surface area contributed by atoms with Gasteiger partial charge in [0, 0.05) is 12.2 Å². The van der Waals surface area contributed by atoms with E-state index in [0.29, 0.717) is 37.6 Å². The zero-order chi connectivity index (χ0) is 19.3. The molecule has 4 rings (SSSR count). The summed E-state index contributed by atoms with van der Waals surface area (Å²) in [6, 6.07) is 6.32. The molecule has 5 atom stereocenters. The van der Waals surface area contributed by atoms with Crippen LogP contribution in [0.25, 0.3) is 0 Å². The lowest BCUT2D eigenvalue weighted by Gasteiger charge is -2.34. The second-order valence-electron chi connectivity index (χ2n) is 8.79. The molecule has 1 aliphatic heterocycles. The van der Waals surface area contributed by atoms with Gasteiger partial charge in [-0.2, -0.15) is 0 Å². The van der Waals surface area contributed by atoms with Crippen molar-refractivity contribution in [2.75, 3.05) is 6.61 Å². The van der Waals surface area contributed by atoms with Crippen LogP contribution in [0.3, 0.4) is 0 Å². The molecule has 4 nitrogen and oxygen atoms in total. The van der Waals surface area contributed by atoms with E-state index < -0.39 is 0 Å². The maximum atomic E-state index is 10.7. The van der Waals surface area contributed by atoms with Gasteiger partial charge < -0.3 is 14.0 Å². The molecule has 1 saturated heterocycles. The summed E-state index contributed by atoms with van der Waals surface area (Å²) in [6.45, 7) is 2.39. The fourth-order valence-corrected chi connectivity index (χ4v) is 5.76. The Hall–Kier alpha value is -1.33. The molecule has 152 valence electrons. The Morgan fingerprint density at radius 2 is 2.11 bits per heavy atom. The number of unbranched alkanes of at least 4 members (excludes halogenated alkanes) is 2. The first-order valence-electron chi connectivity index (χ1n) is 11.2. The van der Waals surface area contributed by atoms with Crippen molar-refractivity contribution in [2.45, 2.75) is 76.9 Å². The SMILES string of the molecule is CCCCC[C@H]1CC[C@@H]2[C@H]3Cc4cccc(OCC=O)c4C[C@H]3C[C@H]2OBO1. The molecule has 1 saturated carbocycles. The number of rotatable bonds is 7. The topological polar surface area (TPSA) is 44.8 Å². The summed E-state index contributed by atoms with van der Waals surface area (Å²) in [4.78, 5) is 10.7. The summed E-state index contributed by atoms with van der Waals surface area (Å²) in [5.41, 5.74) is 2.72. The number of hydrogen-bond acceptors (Lipinski definition) is 4. The first-order valence-corrected chi connectivity index (χ1v) is 11.2. The van der Waals surface area contributed by atoms with Crippen molar-refractivity contribution in [3.05, 3.63) is 29.3 Å². The van der Waals surface area contributed by atoms with Crippen LogP contribution in [-0.2, 0) is 26.9 Å². The van der Waals surface area contributed by atoms with Gasteiger partial charge in [-0.25, -0.2) is 0 Å². The third kappa shape index (κ3) is 4.31. The Morgan fingerprint density at radius 1 is 1.18 bits per heavy atom. The monoisotopic (exact) mass is 384 g/mol. The maximum absolute atomic E-state index is 10.7. The van der Waals surface area contributed by atoms with Crippen molar-refractivity contribution in [2.24, 2.45) is 17.8 Å². The largest absolute Gasteiger partial charge is 0.486 e. The molecule has 3 aliphatic rings. The summed E-state index contributed by atoms with van der Waals surface area (Å²) in [5.74, 6) is 2.90. The Bertz CT molecular complexity index is 664. The first-order chi connectivity index (χ1) is 13.8. The number of benzene rings is 1. The zero-order valence-electron chi connectivity index (χ0n) is 17.1. The molecule has 0 spiro atoms. The van der Waals surface area contributed by atoms with E-state index in [1.165, 1.54) is 49.7 Å². The first kappa shape index (κ1) is 20.0. The van der Waals surface area contributed by atoms with E-state index in [0.717, 1.165) is 31.3 Å². The number of hydrogen-bond donors (Lipinski definition) is 0. The molecular weight excluding hydrogens is 351 g/mol. The summed E-state index contributed by atoms with van der Waals surface area (Å²) >= 11 is 0. The average molecular weight is 384 g/mol. The van der Waals surface area contributed by atoms with Crippen LogP contribution >= 0.6 is 0 Å². The molecule has 2 aliphatic carbocycles. The molecular formula is C23H33BO4. The molecule has 0 radical (unpaired) electrons. The fraction of sp³-hybridized carbons (Fsp3) is 0.696. The summed E-state index contributed by atoms with van der Waals surface area (Å²) < 4.78 is 18.0. The summed E-state index contributed by atoms with van der Waals surface area (Å²) in [6.07, 6.45) is 12.2. The number of ether oxygens (including phenoxy) is 1. The Balaban J connectivity index is 1.44. The molecule has 1 aromatic carbocycles. The van der Waals surface area contributed by atoms with Crippen molar-refractivity contribution in [3.8, 4) is 5.75 Å². The highest BCUT2D eigenvalue weighted by atomic mass is 16.6. The molecule has 1 aromatic rings. The van der Waals surface area contributed by atoms with E-state index in [4.69, 9.17) is 14.0 Å². The average Bonchev–Trinajstić information content (AvgIpc) is 3.02. The lowest BCUT2D eigenvalue weighted by atomic mass is 9.73. The summed E-state index contributed by atoms with van der Waals surface area (Å²) in [7, 11) is 0.456. The molecule has 28 heavy (non-hydrogen) atoms. The van der Waals surface area contributed by atoms with Crippen molar-refractivity contribution in [1.29, 1.82) is 0 Å². The van der Waals surface area contributed by atoms with Gasteiger partial charge in [-0.1, -0.05) is 38.3 Å². The molecule has 2 fully saturated rings. The van der Waals surface area contributed by atoms with Gasteiger partial charge in [-0.15, -0.1) is 0 Å². The van der Waals surface area contributed by atoms with E-state index in [1.54, 1.807) is 0 Å². The lowest BCUT2D eigenvalue weighted by Crippen LogP contribution is -2.33. The van der Waals surface area contributed by atoms with Gasteiger partial charge in [0.15, 0.2) is 6.29 Å². The number of carbonyl (C=O) groups excluding carboxylic acids is 1. The molecule has 0 N–H and O–H groups in total. The third-order valence-corrected chi connectivity index (χ3v) is 7.16. The Kier molecular flexibility index (Phi) is 6.74. The quantitative estimate of drug-likeness (QED) is 0.405. The lowest BCUT2D eigenvalue weighted by molar-refractivity contribution is -0.109. The van der Waals surface area contributed by atoms with Crippen molar-refractivity contribution < 1.29 is 18.8 Å². The van der Waals surface area contributed by atoms with Crippen LogP contribution in [0.5, 0.6) is 5.75 Å². The van der Waals surface area contributed by atoms with Gasteiger partial charge in [-0.05, 0) is 73.5 Å². The fourth-order valence-electron chi connectivity index (χ4n) is 5.76. The van der Waals surface area contributed by atoms with Gasteiger partial charge in [0.25, 0.3) is 0 Å². The van der Waals surface area contributed by atoms with E-state index in [9.17, 15) is 4.79 Å². The minimum atomic E-state index is 0.135. The van der Waals surface area contributed by atoms with Gasteiger partial charge in [0.1, 0.15) is 12.4 Å². The highest BCUT2D eigenvalue weighted by Gasteiger charge is 2.46. The second-order valence-corrected chi connectivity index (χ2v) is 8.79. The Morgan fingerprint density at radius 3 is 2.96 bits per heavy atom. The number of fused-ring (bicyclic) bond motifs is 4. The molecule has 0 bridgehead atoms. The zero-order valence-corrected chi connectivity index (χ0v) is 17.1. The highest BCUT2D eigenvalue weighted by molar-refractivity contribution is 6.18. The maximum Gasteiger partial charge on any atom is 0.438 e. The summed E-state index contributed by atoms with van der Waals surface area (Å²) in [5, 5.41) is 0.